The highest BCUT2D eigenvalue weighted by atomic mass is 15.2. The van der Waals surface area contributed by atoms with E-state index in [4.69, 9.17) is 0 Å². The molecule has 0 aromatic heterocycles. The molecule has 3 rings (SSSR count). The highest BCUT2D eigenvalue weighted by molar-refractivity contribution is 5.14. The summed E-state index contributed by atoms with van der Waals surface area (Å²) in [4.78, 5) is 2.57. The summed E-state index contributed by atoms with van der Waals surface area (Å²) in [6.45, 7) is 5.91. The third-order valence-electron chi connectivity index (χ3n) is 4.07. The van der Waals surface area contributed by atoms with E-state index in [2.05, 4.69) is 47.5 Å². The van der Waals surface area contributed by atoms with Crippen LogP contribution in [0.5, 0.6) is 0 Å². The Balaban J connectivity index is 1.50. The van der Waals surface area contributed by atoms with Gasteiger partial charge in [-0.05, 0) is 31.7 Å². The van der Waals surface area contributed by atoms with Gasteiger partial charge in [-0.1, -0.05) is 30.3 Å². The third kappa shape index (κ3) is 2.88. The lowest BCUT2D eigenvalue weighted by molar-refractivity contribution is 0.314. The summed E-state index contributed by atoms with van der Waals surface area (Å²) < 4.78 is 0. The van der Waals surface area contributed by atoms with E-state index >= 15 is 0 Å². The molecule has 0 radical (unpaired) electrons. The van der Waals surface area contributed by atoms with Crippen LogP contribution in [0.2, 0.25) is 0 Å². The molecule has 17 heavy (non-hydrogen) atoms. The minimum absolute atomic E-state index is 0.480. The minimum atomic E-state index is 0.480. The molecule has 1 saturated carbocycles. The van der Waals surface area contributed by atoms with Crippen molar-refractivity contribution >= 4 is 0 Å². The van der Waals surface area contributed by atoms with E-state index in [1.54, 1.807) is 0 Å². The number of benzene rings is 1. The Morgan fingerprint density at radius 3 is 2.76 bits per heavy atom. The molecule has 1 atom stereocenters. The summed E-state index contributed by atoms with van der Waals surface area (Å²) >= 11 is 0. The quantitative estimate of drug-likeness (QED) is 0.854. The predicted octanol–water partition coefficient (Wildman–Crippen LogP) is 2.40. The topological polar surface area (TPSA) is 15.3 Å². The highest BCUT2D eigenvalue weighted by Crippen LogP contribution is 2.35. The van der Waals surface area contributed by atoms with Crippen molar-refractivity contribution in [1.29, 1.82) is 0 Å². The molecule has 2 heteroatoms. The maximum Gasteiger partial charge on any atom is 0.0234 e. The van der Waals surface area contributed by atoms with Crippen molar-refractivity contribution in [3.8, 4) is 0 Å². The zero-order valence-corrected chi connectivity index (χ0v) is 10.7. The second-order valence-electron chi connectivity index (χ2n) is 5.91. The van der Waals surface area contributed by atoms with Crippen molar-refractivity contribution < 1.29 is 0 Å². The first-order chi connectivity index (χ1) is 8.23. The molecule has 2 aliphatic rings. The zero-order chi connectivity index (χ0) is 11.7. The van der Waals surface area contributed by atoms with E-state index in [0.29, 0.717) is 11.6 Å². The number of nitrogens with zero attached hydrogens (tertiary/aromatic N) is 1. The molecule has 1 aromatic carbocycles. The molecule has 1 heterocycles. The predicted molar refractivity (Wildman–Crippen MR) is 70.9 cm³/mol. The van der Waals surface area contributed by atoms with Crippen LogP contribution in [0, 0.1) is 0 Å². The van der Waals surface area contributed by atoms with Gasteiger partial charge in [0.15, 0.2) is 0 Å². The van der Waals surface area contributed by atoms with Gasteiger partial charge in [-0.25, -0.2) is 0 Å². The van der Waals surface area contributed by atoms with Crippen molar-refractivity contribution in [2.75, 3.05) is 13.1 Å². The maximum absolute atomic E-state index is 3.80. The lowest BCUT2D eigenvalue weighted by Gasteiger charge is -2.20. The van der Waals surface area contributed by atoms with Gasteiger partial charge in [-0.15, -0.1) is 0 Å². The lowest BCUT2D eigenvalue weighted by atomic mass is 10.2. The van der Waals surface area contributed by atoms with E-state index in [-0.39, 0.29) is 0 Å². The van der Waals surface area contributed by atoms with Crippen LogP contribution in [-0.4, -0.2) is 29.6 Å². The van der Waals surface area contributed by atoms with Crippen LogP contribution >= 0.6 is 0 Å². The van der Waals surface area contributed by atoms with E-state index < -0.39 is 0 Å². The van der Waals surface area contributed by atoms with Gasteiger partial charge in [0.2, 0.25) is 0 Å². The van der Waals surface area contributed by atoms with Gasteiger partial charge in [-0.2, -0.15) is 0 Å². The van der Waals surface area contributed by atoms with E-state index in [9.17, 15) is 0 Å². The number of hydrogen-bond acceptors (Lipinski definition) is 2. The second kappa shape index (κ2) is 4.43. The Kier molecular flexibility index (Phi) is 2.93. The van der Waals surface area contributed by atoms with Gasteiger partial charge in [0.25, 0.3) is 0 Å². The molecule has 2 nitrogen and oxygen atoms in total. The van der Waals surface area contributed by atoms with Crippen molar-refractivity contribution in [1.82, 2.24) is 10.2 Å². The standard InChI is InChI=1S/C15H22N2/c1-15(8-9-15)16-14-7-10-17(12-14)11-13-5-3-2-4-6-13/h2-6,14,16H,7-12H2,1H3. The molecule has 2 fully saturated rings. The van der Waals surface area contributed by atoms with Crippen LogP contribution in [0.25, 0.3) is 0 Å². The van der Waals surface area contributed by atoms with Crippen LogP contribution in [0.15, 0.2) is 30.3 Å². The zero-order valence-electron chi connectivity index (χ0n) is 10.7. The van der Waals surface area contributed by atoms with Crippen molar-refractivity contribution in [2.45, 2.75) is 44.3 Å². The summed E-state index contributed by atoms with van der Waals surface area (Å²) in [6, 6.07) is 11.5. The van der Waals surface area contributed by atoms with Gasteiger partial charge in [-0.3, -0.25) is 4.90 Å². The van der Waals surface area contributed by atoms with E-state index in [0.717, 1.165) is 6.54 Å². The number of hydrogen-bond donors (Lipinski definition) is 1. The molecule has 0 bridgehead atoms. The summed E-state index contributed by atoms with van der Waals surface area (Å²) in [7, 11) is 0. The first-order valence-corrected chi connectivity index (χ1v) is 6.78. The molecule has 0 spiro atoms. The second-order valence-corrected chi connectivity index (χ2v) is 5.91. The SMILES string of the molecule is CC1(NC2CCN(Cc3ccccc3)C2)CC1. The fourth-order valence-electron chi connectivity index (χ4n) is 2.76. The maximum atomic E-state index is 3.80. The minimum Gasteiger partial charge on any atom is -0.307 e. The molecule has 0 amide bonds. The Morgan fingerprint density at radius 2 is 2.06 bits per heavy atom. The van der Waals surface area contributed by atoms with Gasteiger partial charge < -0.3 is 5.32 Å². The molecule has 92 valence electrons. The first-order valence-electron chi connectivity index (χ1n) is 6.78. The fourth-order valence-corrected chi connectivity index (χ4v) is 2.76. The van der Waals surface area contributed by atoms with Crippen molar-refractivity contribution in [3.05, 3.63) is 35.9 Å². The van der Waals surface area contributed by atoms with E-state index in [1.165, 1.54) is 37.9 Å². The monoisotopic (exact) mass is 230 g/mol. The first kappa shape index (κ1) is 11.2. The summed E-state index contributed by atoms with van der Waals surface area (Å²) in [5.41, 5.74) is 1.92. The normalized spacial score (nSPS) is 27.2. The Labute approximate surface area is 104 Å². The van der Waals surface area contributed by atoms with Gasteiger partial charge in [0.05, 0.1) is 0 Å². The highest BCUT2D eigenvalue weighted by Gasteiger charge is 2.39. The lowest BCUT2D eigenvalue weighted by Crippen LogP contribution is -2.39. The molecule has 1 unspecified atom stereocenters. The van der Waals surface area contributed by atoms with Gasteiger partial charge >= 0.3 is 0 Å². The van der Waals surface area contributed by atoms with E-state index in [1.807, 2.05) is 0 Å². The number of rotatable bonds is 4. The van der Waals surface area contributed by atoms with Crippen LogP contribution in [0.3, 0.4) is 0 Å². The summed E-state index contributed by atoms with van der Waals surface area (Å²) in [6.07, 6.45) is 4.03. The Bertz CT molecular complexity index is 370. The molecule has 1 aliphatic heterocycles. The van der Waals surface area contributed by atoms with Crippen molar-refractivity contribution in [2.24, 2.45) is 0 Å². The summed E-state index contributed by atoms with van der Waals surface area (Å²) in [5.74, 6) is 0. The van der Waals surface area contributed by atoms with Gasteiger partial charge in [0.1, 0.15) is 0 Å². The number of likely N-dealkylation sites (tertiary alicyclic amines) is 1. The molecule has 1 aromatic rings. The van der Waals surface area contributed by atoms with Crippen LogP contribution in [0.4, 0.5) is 0 Å². The van der Waals surface area contributed by atoms with Crippen molar-refractivity contribution in [3.63, 3.8) is 0 Å². The molecular formula is C15H22N2. The molecule has 1 saturated heterocycles. The molecule has 1 N–H and O–H groups in total. The van der Waals surface area contributed by atoms with Crippen LogP contribution < -0.4 is 5.32 Å². The molecule has 1 aliphatic carbocycles. The average molecular weight is 230 g/mol. The fraction of sp³-hybridized carbons (Fsp3) is 0.600. The largest absolute Gasteiger partial charge is 0.307 e. The average Bonchev–Trinajstić information content (AvgIpc) is 2.88. The summed E-state index contributed by atoms with van der Waals surface area (Å²) in [5, 5.41) is 3.80. The number of nitrogens with one attached hydrogen (secondary N) is 1. The Hall–Kier alpha value is -0.860. The molecular weight excluding hydrogens is 208 g/mol. The van der Waals surface area contributed by atoms with Gasteiger partial charge in [0, 0.05) is 31.2 Å². The van der Waals surface area contributed by atoms with Crippen LogP contribution in [-0.2, 0) is 6.54 Å². The third-order valence-corrected chi connectivity index (χ3v) is 4.07. The Morgan fingerprint density at radius 1 is 1.29 bits per heavy atom. The smallest absolute Gasteiger partial charge is 0.0234 e. The van der Waals surface area contributed by atoms with Crippen LogP contribution in [0.1, 0.15) is 31.7 Å².